The molecule has 0 aliphatic heterocycles. The number of hydrogen-bond acceptors (Lipinski definition) is 3. The number of nitrogens with zero attached hydrogens (tertiary/aromatic N) is 2. The molecule has 0 spiro atoms. The number of methoxy groups -OCH3 is 1. The standard InChI is InChI=1S/C15H11FN2O2/c1-20-15(19)13-8-17-18-9-11(4-7-14(13)18)10-2-5-12(16)6-3-10/h2-9H,1H3. The maximum atomic E-state index is 12.9. The van der Waals surface area contributed by atoms with Gasteiger partial charge in [-0.2, -0.15) is 5.10 Å². The van der Waals surface area contributed by atoms with Crippen molar-refractivity contribution < 1.29 is 13.9 Å². The van der Waals surface area contributed by atoms with Crippen LogP contribution in [0.2, 0.25) is 0 Å². The molecule has 0 saturated carbocycles. The summed E-state index contributed by atoms with van der Waals surface area (Å²) in [5.41, 5.74) is 2.85. The first-order valence-corrected chi connectivity index (χ1v) is 6.00. The van der Waals surface area contributed by atoms with Gasteiger partial charge in [-0.15, -0.1) is 0 Å². The third-order valence-electron chi connectivity index (χ3n) is 3.10. The van der Waals surface area contributed by atoms with E-state index in [0.29, 0.717) is 11.1 Å². The first kappa shape index (κ1) is 12.3. The van der Waals surface area contributed by atoms with Gasteiger partial charge in [0.05, 0.1) is 18.8 Å². The fourth-order valence-electron chi connectivity index (χ4n) is 2.06. The summed E-state index contributed by atoms with van der Waals surface area (Å²) in [6.45, 7) is 0. The van der Waals surface area contributed by atoms with Crippen molar-refractivity contribution in [3.05, 3.63) is 60.2 Å². The van der Waals surface area contributed by atoms with Crippen molar-refractivity contribution in [2.75, 3.05) is 7.11 Å². The summed E-state index contributed by atoms with van der Waals surface area (Å²) in [6.07, 6.45) is 3.25. The Balaban J connectivity index is 2.08. The number of rotatable bonds is 2. The normalized spacial score (nSPS) is 10.7. The van der Waals surface area contributed by atoms with E-state index in [-0.39, 0.29) is 5.82 Å². The molecule has 0 amide bonds. The number of carbonyl (C=O) groups excluding carboxylic acids is 1. The lowest BCUT2D eigenvalue weighted by Crippen LogP contribution is -2.00. The molecular formula is C15H11FN2O2. The van der Waals surface area contributed by atoms with Crippen LogP contribution in [0, 0.1) is 5.82 Å². The minimum atomic E-state index is -0.422. The highest BCUT2D eigenvalue weighted by Gasteiger charge is 2.13. The molecule has 0 aliphatic rings. The van der Waals surface area contributed by atoms with Crippen molar-refractivity contribution in [2.45, 2.75) is 0 Å². The molecule has 3 rings (SSSR count). The van der Waals surface area contributed by atoms with Crippen LogP contribution in [0.15, 0.2) is 48.8 Å². The van der Waals surface area contributed by atoms with Crippen LogP contribution in [0.3, 0.4) is 0 Å². The number of esters is 1. The van der Waals surface area contributed by atoms with Crippen LogP contribution < -0.4 is 0 Å². The van der Waals surface area contributed by atoms with Crippen LogP contribution in [0.4, 0.5) is 4.39 Å². The van der Waals surface area contributed by atoms with E-state index in [1.807, 2.05) is 6.07 Å². The largest absolute Gasteiger partial charge is 0.465 e. The third kappa shape index (κ3) is 2.03. The molecule has 3 aromatic rings. The molecule has 0 atom stereocenters. The summed E-state index contributed by atoms with van der Waals surface area (Å²) in [5.74, 6) is -0.698. The Morgan fingerprint density at radius 2 is 1.85 bits per heavy atom. The number of ether oxygens (including phenoxy) is 1. The first-order chi connectivity index (χ1) is 9.69. The van der Waals surface area contributed by atoms with Gasteiger partial charge < -0.3 is 4.74 Å². The molecule has 0 aliphatic carbocycles. The van der Waals surface area contributed by atoms with Gasteiger partial charge >= 0.3 is 5.97 Å². The van der Waals surface area contributed by atoms with Crippen LogP contribution >= 0.6 is 0 Å². The Labute approximate surface area is 114 Å². The molecule has 0 bridgehead atoms. The smallest absolute Gasteiger partial charge is 0.341 e. The zero-order valence-electron chi connectivity index (χ0n) is 10.7. The summed E-state index contributed by atoms with van der Waals surface area (Å²) < 4.78 is 19.2. The van der Waals surface area contributed by atoms with Crippen LogP contribution in [0.5, 0.6) is 0 Å². The van der Waals surface area contributed by atoms with E-state index in [1.165, 1.54) is 25.4 Å². The van der Waals surface area contributed by atoms with Gasteiger partial charge in [0.2, 0.25) is 0 Å². The quantitative estimate of drug-likeness (QED) is 0.672. The van der Waals surface area contributed by atoms with Crippen molar-refractivity contribution in [3.63, 3.8) is 0 Å². The molecule has 20 heavy (non-hydrogen) atoms. The zero-order valence-corrected chi connectivity index (χ0v) is 10.7. The summed E-state index contributed by atoms with van der Waals surface area (Å²) in [4.78, 5) is 11.6. The molecule has 4 nitrogen and oxygen atoms in total. The van der Waals surface area contributed by atoms with E-state index in [9.17, 15) is 9.18 Å². The lowest BCUT2D eigenvalue weighted by atomic mass is 10.1. The lowest BCUT2D eigenvalue weighted by Gasteiger charge is -2.03. The van der Waals surface area contributed by atoms with Crippen LogP contribution in [-0.2, 0) is 4.74 Å². The Bertz CT molecular complexity index is 778. The lowest BCUT2D eigenvalue weighted by molar-refractivity contribution is 0.0603. The molecule has 0 saturated heterocycles. The van der Waals surface area contributed by atoms with Gasteiger partial charge in [-0.25, -0.2) is 13.7 Å². The maximum Gasteiger partial charge on any atom is 0.341 e. The highest BCUT2D eigenvalue weighted by molar-refractivity contribution is 5.96. The minimum absolute atomic E-state index is 0.276. The summed E-state index contributed by atoms with van der Waals surface area (Å²) in [7, 11) is 1.33. The summed E-state index contributed by atoms with van der Waals surface area (Å²) in [5, 5.41) is 4.13. The predicted octanol–water partition coefficient (Wildman–Crippen LogP) is 2.93. The average molecular weight is 270 g/mol. The van der Waals surface area contributed by atoms with E-state index < -0.39 is 5.97 Å². The van der Waals surface area contributed by atoms with Crippen molar-refractivity contribution >= 4 is 11.5 Å². The molecule has 1 aromatic carbocycles. The molecule has 2 aromatic heterocycles. The van der Waals surface area contributed by atoms with Gasteiger partial charge in [0.15, 0.2) is 0 Å². The molecule has 0 radical (unpaired) electrons. The number of halogens is 1. The van der Waals surface area contributed by atoms with Gasteiger partial charge in [0.25, 0.3) is 0 Å². The number of aromatic nitrogens is 2. The number of carbonyl (C=O) groups is 1. The van der Waals surface area contributed by atoms with Crippen LogP contribution in [-0.4, -0.2) is 22.7 Å². The monoisotopic (exact) mass is 270 g/mol. The zero-order chi connectivity index (χ0) is 14.1. The van der Waals surface area contributed by atoms with Gasteiger partial charge in [0, 0.05) is 11.8 Å². The van der Waals surface area contributed by atoms with Gasteiger partial charge in [-0.05, 0) is 23.8 Å². The van der Waals surface area contributed by atoms with E-state index in [0.717, 1.165) is 11.1 Å². The third-order valence-corrected chi connectivity index (χ3v) is 3.10. The van der Waals surface area contributed by atoms with Gasteiger partial charge in [-0.3, -0.25) is 0 Å². The molecule has 2 heterocycles. The average Bonchev–Trinajstić information content (AvgIpc) is 2.90. The van der Waals surface area contributed by atoms with Crippen molar-refractivity contribution in [3.8, 4) is 11.1 Å². The van der Waals surface area contributed by atoms with E-state index >= 15 is 0 Å². The van der Waals surface area contributed by atoms with Crippen molar-refractivity contribution in [1.82, 2.24) is 9.61 Å². The number of benzene rings is 1. The second-order valence-corrected chi connectivity index (χ2v) is 4.30. The Kier molecular flexibility index (Phi) is 2.95. The fraction of sp³-hybridized carbons (Fsp3) is 0.0667. The number of hydrogen-bond donors (Lipinski definition) is 0. The van der Waals surface area contributed by atoms with Gasteiger partial charge in [0.1, 0.15) is 11.4 Å². The predicted molar refractivity (Wildman–Crippen MR) is 71.9 cm³/mol. The van der Waals surface area contributed by atoms with Crippen molar-refractivity contribution in [2.24, 2.45) is 0 Å². The Hall–Kier alpha value is -2.69. The molecule has 0 unspecified atom stereocenters. The molecule has 0 N–H and O–H groups in total. The van der Waals surface area contributed by atoms with E-state index in [4.69, 9.17) is 4.74 Å². The van der Waals surface area contributed by atoms with E-state index in [1.54, 1.807) is 28.9 Å². The minimum Gasteiger partial charge on any atom is -0.465 e. The number of pyridine rings is 1. The fourth-order valence-corrected chi connectivity index (χ4v) is 2.06. The SMILES string of the molecule is COC(=O)c1cnn2cc(-c3ccc(F)cc3)ccc12. The highest BCUT2D eigenvalue weighted by Crippen LogP contribution is 2.21. The van der Waals surface area contributed by atoms with E-state index in [2.05, 4.69) is 5.10 Å². The van der Waals surface area contributed by atoms with Crippen molar-refractivity contribution in [1.29, 1.82) is 0 Å². The summed E-state index contributed by atoms with van der Waals surface area (Å²) in [6, 6.07) is 9.85. The van der Waals surface area contributed by atoms with Crippen LogP contribution in [0.1, 0.15) is 10.4 Å². The molecular weight excluding hydrogens is 259 g/mol. The summed E-state index contributed by atoms with van der Waals surface area (Å²) >= 11 is 0. The second-order valence-electron chi connectivity index (χ2n) is 4.30. The second kappa shape index (κ2) is 4.77. The van der Waals surface area contributed by atoms with Gasteiger partial charge in [-0.1, -0.05) is 18.2 Å². The Morgan fingerprint density at radius 3 is 2.55 bits per heavy atom. The number of fused-ring (bicyclic) bond motifs is 1. The molecule has 5 heteroatoms. The Morgan fingerprint density at radius 1 is 1.15 bits per heavy atom. The first-order valence-electron chi connectivity index (χ1n) is 6.00. The maximum absolute atomic E-state index is 12.9. The topological polar surface area (TPSA) is 43.6 Å². The van der Waals surface area contributed by atoms with Crippen LogP contribution in [0.25, 0.3) is 16.6 Å². The highest BCUT2D eigenvalue weighted by atomic mass is 19.1. The molecule has 100 valence electrons. The molecule has 0 fully saturated rings.